The van der Waals surface area contributed by atoms with Crippen LogP contribution in [0.4, 0.5) is 0 Å². The summed E-state index contributed by atoms with van der Waals surface area (Å²) in [6.45, 7) is 7.21. The molecule has 1 aromatic rings. The van der Waals surface area contributed by atoms with Gasteiger partial charge in [-0.25, -0.2) is 0 Å². The Hall–Kier alpha value is -1.85. The summed E-state index contributed by atoms with van der Waals surface area (Å²) >= 11 is 12.3. The number of Topliss-reactive ketones (excluding diaryl/α,β-unsaturated/α-hetero) is 2. The number of benzene rings is 1. The van der Waals surface area contributed by atoms with Gasteiger partial charge in [-0.1, -0.05) is 36.7 Å². The quantitative estimate of drug-likeness (QED) is 0.375. The molecule has 0 heterocycles. The van der Waals surface area contributed by atoms with E-state index in [1.165, 1.54) is 19.1 Å². The first-order valence-electron chi connectivity index (χ1n) is 7.87. The molecular formula is C18H21Cl2NO4. The second kappa shape index (κ2) is 10.2. The molecule has 7 heteroatoms. The normalized spacial score (nSPS) is 10.2. The van der Waals surface area contributed by atoms with Crippen LogP contribution in [0.3, 0.4) is 0 Å². The number of ketones is 2. The number of halogens is 2. The highest BCUT2D eigenvalue weighted by molar-refractivity contribution is 6.45. The van der Waals surface area contributed by atoms with Crippen molar-refractivity contribution < 1.29 is 19.1 Å². The third kappa shape index (κ3) is 6.52. The molecule has 0 unspecified atom stereocenters. The van der Waals surface area contributed by atoms with E-state index in [1.54, 1.807) is 0 Å². The first kappa shape index (κ1) is 21.2. The number of nitrogens with one attached hydrogen (secondary N) is 1. The van der Waals surface area contributed by atoms with E-state index in [1.807, 2.05) is 6.92 Å². The Morgan fingerprint density at radius 2 is 1.88 bits per heavy atom. The number of ether oxygens (including phenoxy) is 1. The maximum Gasteiger partial charge on any atom is 0.216 e. The van der Waals surface area contributed by atoms with Gasteiger partial charge in [0.05, 0.1) is 5.02 Å². The summed E-state index contributed by atoms with van der Waals surface area (Å²) in [7, 11) is 0. The Labute approximate surface area is 157 Å². The molecule has 0 radical (unpaired) electrons. The van der Waals surface area contributed by atoms with E-state index in [9.17, 15) is 14.4 Å². The van der Waals surface area contributed by atoms with Crippen molar-refractivity contribution in [3.8, 4) is 5.75 Å². The van der Waals surface area contributed by atoms with Crippen molar-refractivity contribution in [3.63, 3.8) is 0 Å². The zero-order valence-electron chi connectivity index (χ0n) is 14.3. The second-order valence-corrected chi connectivity index (χ2v) is 6.20. The molecule has 0 bridgehead atoms. The van der Waals surface area contributed by atoms with Crippen molar-refractivity contribution in [1.29, 1.82) is 0 Å². The van der Waals surface area contributed by atoms with E-state index in [2.05, 4.69) is 11.9 Å². The van der Waals surface area contributed by atoms with Crippen LogP contribution in [0.5, 0.6) is 5.75 Å². The minimum Gasteiger partial charge on any atom is -0.484 e. The van der Waals surface area contributed by atoms with Crippen LogP contribution in [-0.2, 0) is 9.59 Å². The number of allylic oxidation sites excluding steroid dienone is 1. The van der Waals surface area contributed by atoms with Gasteiger partial charge in [0, 0.05) is 25.5 Å². The van der Waals surface area contributed by atoms with Gasteiger partial charge >= 0.3 is 0 Å². The average molecular weight is 386 g/mol. The number of hydrogen-bond donors (Lipinski definition) is 1. The standard InChI is InChI=1S/C18H21Cl2NO4/c1-4-11(2)18(24)14-7-8-15(17(20)16(14)19)25-10-13(23)6-5-9-21-12(3)22/h7-8H,2,4-6,9-10H2,1,3H3,(H,21,22). The van der Waals surface area contributed by atoms with Crippen LogP contribution in [0.25, 0.3) is 0 Å². The molecule has 0 aliphatic heterocycles. The largest absolute Gasteiger partial charge is 0.484 e. The van der Waals surface area contributed by atoms with Crippen molar-refractivity contribution in [3.05, 3.63) is 39.9 Å². The van der Waals surface area contributed by atoms with Crippen LogP contribution < -0.4 is 10.1 Å². The lowest BCUT2D eigenvalue weighted by Crippen LogP contribution is -2.22. The van der Waals surface area contributed by atoms with Gasteiger partial charge in [-0.2, -0.15) is 0 Å². The lowest BCUT2D eigenvalue weighted by atomic mass is 10.0. The molecule has 25 heavy (non-hydrogen) atoms. The van der Waals surface area contributed by atoms with Gasteiger partial charge in [0.1, 0.15) is 17.4 Å². The van der Waals surface area contributed by atoms with Gasteiger partial charge in [-0.3, -0.25) is 14.4 Å². The average Bonchev–Trinajstić information content (AvgIpc) is 2.58. The van der Waals surface area contributed by atoms with Crippen LogP contribution in [0, 0.1) is 0 Å². The maximum atomic E-state index is 12.2. The van der Waals surface area contributed by atoms with E-state index in [-0.39, 0.29) is 51.9 Å². The summed E-state index contributed by atoms with van der Waals surface area (Å²) in [5, 5.41) is 2.78. The van der Waals surface area contributed by atoms with Gasteiger partial charge < -0.3 is 10.1 Å². The van der Waals surface area contributed by atoms with Crippen LogP contribution >= 0.6 is 23.2 Å². The molecule has 1 rings (SSSR count). The predicted octanol–water partition coefficient (Wildman–Crippen LogP) is 4.01. The summed E-state index contributed by atoms with van der Waals surface area (Å²) in [6, 6.07) is 3.02. The van der Waals surface area contributed by atoms with E-state index in [0.29, 0.717) is 25.0 Å². The molecule has 0 aromatic heterocycles. The highest BCUT2D eigenvalue weighted by Gasteiger charge is 2.18. The van der Waals surface area contributed by atoms with Crippen molar-refractivity contribution in [2.75, 3.05) is 13.2 Å². The molecule has 0 aliphatic rings. The van der Waals surface area contributed by atoms with Crippen molar-refractivity contribution >= 4 is 40.7 Å². The molecule has 1 amide bonds. The van der Waals surface area contributed by atoms with Gasteiger partial charge in [0.25, 0.3) is 0 Å². The first-order valence-corrected chi connectivity index (χ1v) is 8.62. The summed E-state index contributed by atoms with van der Waals surface area (Å²) in [4.78, 5) is 34.7. The van der Waals surface area contributed by atoms with Crippen molar-refractivity contribution in [2.24, 2.45) is 0 Å². The Morgan fingerprint density at radius 1 is 1.20 bits per heavy atom. The highest BCUT2D eigenvalue weighted by Crippen LogP contribution is 2.35. The molecule has 1 N–H and O–H groups in total. The minimum atomic E-state index is -0.269. The number of carbonyl (C=O) groups is 3. The second-order valence-electron chi connectivity index (χ2n) is 5.44. The third-order valence-electron chi connectivity index (χ3n) is 3.43. The minimum absolute atomic E-state index is 0.0804. The monoisotopic (exact) mass is 385 g/mol. The lowest BCUT2D eigenvalue weighted by molar-refractivity contribution is -0.122. The Morgan fingerprint density at radius 3 is 2.48 bits per heavy atom. The first-order chi connectivity index (χ1) is 11.8. The van der Waals surface area contributed by atoms with Crippen LogP contribution in [-0.4, -0.2) is 30.6 Å². The smallest absolute Gasteiger partial charge is 0.216 e. The molecule has 0 fully saturated rings. The summed E-state index contributed by atoms with van der Waals surface area (Å²) < 4.78 is 5.39. The molecule has 0 atom stereocenters. The summed E-state index contributed by atoms with van der Waals surface area (Å²) in [5.74, 6) is -0.293. The van der Waals surface area contributed by atoms with E-state index in [4.69, 9.17) is 27.9 Å². The van der Waals surface area contributed by atoms with Gasteiger partial charge in [-0.05, 0) is 30.5 Å². The lowest BCUT2D eigenvalue weighted by Gasteiger charge is -2.11. The van der Waals surface area contributed by atoms with Crippen LogP contribution in [0.15, 0.2) is 24.3 Å². The molecule has 136 valence electrons. The fraction of sp³-hybridized carbons (Fsp3) is 0.389. The van der Waals surface area contributed by atoms with Gasteiger partial charge in [-0.15, -0.1) is 0 Å². The fourth-order valence-corrected chi connectivity index (χ4v) is 2.41. The molecule has 1 aromatic carbocycles. The van der Waals surface area contributed by atoms with Crippen LogP contribution in [0.2, 0.25) is 10.0 Å². The molecule has 0 saturated heterocycles. The SMILES string of the molecule is C=C(CC)C(=O)c1ccc(OCC(=O)CCCNC(C)=O)c(Cl)c1Cl. The predicted molar refractivity (Wildman–Crippen MR) is 98.6 cm³/mol. The van der Waals surface area contributed by atoms with Crippen molar-refractivity contribution in [1.82, 2.24) is 5.32 Å². The Balaban J connectivity index is 2.64. The fourth-order valence-electron chi connectivity index (χ4n) is 1.95. The maximum absolute atomic E-state index is 12.2. The van der Waals surface area contributed by atoms with E-state index < -0.39 is 0 Å². The summed E-state index contributed by atoms with van der Waals surface area (Å²) in [6.07, 6.45) is 1.32. The van der Waals surface area contributed by atoms with Gasteiger partial charge in [0.15, 0.2) is 11.6 Å². The molecule has 5 nitrogen and oxygen atoms in total. The molecule has 0 aliphatic carbocycles. The zero-order chi connectivity index (χ0) is 19.0. The summed E-state index contributed by atoms with van der Waals surface area (Å²) in [5.41, 5.74) is 0.688. The molecule has 0 saturated carbocycles. The zero-order valence-corrected chi connectivity index (χ0v) is 15.8. The number of carbonyl (C=O) groups excluding carboxylic acids is 3. The Bertz CT molecular complexity index is 686. The Kier molecular flexibility index (Phi) is 8.66. The number of amides is 1. The van der Waals surface area contributed by atoms with Crippen LogP contribution in [0.1, 0.15) is 43.5 Å². The highest BCUT2D eigenvalue weighted by atomic mass is 35.5. The topological polar surface area (TPSA) is 72.5 Å². The van der Waals surface area contributed by atoms with Gasteiger partial charge in [0.2, 0.25) is 5.91 Å². The molecular weight excluding hydrogens is 365 g/mol. The van der Waals surface area contributed by atoms with E-state index in [0.717, 1.165) is 0 Å². The van der Waals surface area contributed by atoms with Crippen molar-refractivity contribution in [2.45, 2.75) is 33.1 Å². The number of hydrogen-bond acceptors (Lipinski definition) is 4. The van der Waals surface area contributed by atoms with E-state index >= 15 is 0 Å². The number of rotatable bonds is 10. The molecule has 0 spiro atoms. The third-order valence-corrected chi connectivity index (χ3v) is 4.30.